The molecule has 2 atom stereocenters. The lowest BCUT2D eigenvalue weighted by Gasteiger charge is -2.29. The van der Waals surface area contributed by atoms with Crippen molar-refractivity contribution in [3.8, 4) is 0 Å². The van der Waals surface area contributed by atoms with E-state index in [1.165, 1.54) is 0 Å². The van der Waals surface area contributed by atoms with E-state index in [1.54, 1.807) is 16.8 Å². The van der Waals surface area contributed by atoms with Crippen LogP contribution in [0.5, 0.6) is 0 Å². The second-order valence-corrected chi connectivity index (χ2v) is 8.43. The zero-order valence-corrected chi connectivity index (χ0v) is 19.3. The van der Waals surface area contributed by atoms with Crippen LogP contribution in [0.25, 0.3) is 5.52 Å². The highest BCUT2D eigenvalue weighted by Crippen LogP contribution is 2.23. The Morgan fingerprint density at radius 1 is 1.15 bits per heavy atom. The molecule has 1 aliphatic carbocycles. The number of anilines is 2. The van der Waals surface area contributed by atoms with Gasteiger partial charge in [0, 0.05) is 16.6 Å². The molecule has 1 fully saturated rings. The summed E-state index contributed by atoms with van der Waals surface area (Å²) in [5.41, 5.74) is 8.11. The summed E-state index contributed by atoms with van der Waals surface area (Å²) < 4.78 is 34.2. The lowest BCUT2D eigenvalue weighted by Crippen LogP contribution is -2.43. The number of halogens is 4. The average molecular weight is 543 g/mol. The van der Waals surface area contributed by atoms with E-state index >= 15 is 0 Å². The maximum absolute atomic E-state index is 12.7. The summed E-state index contributed by atoms with van der Waals surface area (Å²) in [4.78, 5) is 26.0. The number of amides is 1. The molecule has 2 heterocycles. The second-order valence-electron chi connectivity index (χ2n) is 7.57. The highest BCUT2D eigenvalue weighted by molar-refractivity contribution is 9.10. The molecule has 0 saturated heterocycles. The van der Waals surface area contributed by atoms with E-state index in [4.69, 9.17) is 15.6 Å². The normalized spacial score (nSPS) is 18.0. The Morgan fingerprint density at radius 3 is 2.47 bits per heavy atom. The third-order valence-corrected chi connectivity index (χ3v) is 5.82. The van der Waals surface area contributed by atoms with E-state index in [-0.39, 0.29) is 18.0 Å². The van der Waals surface area contributed by atoms with Crippen molar-refractivity contribution in [1.82, 2.24) is 14.6 Å². The van der Waals surface area contributed by atoms with Gasteiger partial charge in [0.2, 0.25) is 5.95 Å². The molecule has 182 valence electrons. The highest BCUT2D eigenvalue weighted by Gasteiger charge is 2.38. The first-order valence-corrected chi connectivity index (χ1v) is 11.1. The topological polar surface area (TPSA) is 135 Å². The van der Waals surface area contributed by atoms with Crippen LogP contribution in [0.2, 0.25) is 0 Å². The van der Waals surface area contributed by atoms with Gasteiger partial charge in [-0.05, 0) is 53.0 Å². The molecule has 34 heavy (non-hydrogen) atoms. The third kappa shape index (κ3) is 6.44. The number of nitrogens with two attached hydrogens (primary N) is 1. The maximum Gasteiger partial charge on any atom is 0.490 e. The lowest BCUT2D eigenvalue weighted by molar-refractivity contribution is -0.192. The standard InChI is InChI=1S/C19H21BrN6O.C2HF3O2/c20-13-5-1-3-7-15(13)23-18(27)17-10-9-12-11-22-19(25-26(12)17)24-16-8-4-2-6-14(16)21;3-2(4,5)1(6)7/h1,3,5,7,9-11,14,16H,2,4,6,8,21H2,(H,23,27)(H,24,25);(H,6,7)/t14-,16+;/m0./s1. The van der Waals surface area contributed by atoms with Crippen molar-refractivity contribution < 1.29 is 27.9 Å². The summed E-state index contributed by atoms with van der Waals surface area (Å²) in [5, 5.41) is 17.9. The van der Waals surface area contributed by atoms with Gasteiger partial charge in [0.15, 0.2) is 0 Å². The Kier molecular flexibility index (Phi) is 8.10. The molecule has 13 heteroatoms. The Hall–Kier alpha value is -3.19. The number of nitrogens with one attached hydrogen (secondary N) is 2. The van der Waals surface area contributed by atoms with Gasteiger partial charge in [-0.15, -0.1) is 5.10 Å². The molecule has 9 nitrogen and oxygen atoms in total. The molecule has 5 N–H and O–H groups in total. The molecular weight excluding hydrogens is 521 g/mol. The Bertz CT molecular complexity index is 1170. The fourth-order valence-electron chi connectivity index (χ4n) is 3.39. The number of nitrogens with zero attached hydrogens (tertiary/aromatic N) is 3. The van der Waals surface area contributed by atoms with Crippen LogP contribution < -0.4 is 16.4 Å². The lowest BCUT2D eigenvalue weighted by atomic mass is 9.91. The fourth-order valence-corrected chi connectivity index (χ4v) is 3.78. The van der Waals surface area contributed by atoms with Crippen molar-refractivity contribution in [1.29, 1.82) is 0 Å². The molecule has 0 unspecified atom stereocenters. The van der Waals surface area contributed by atoms with E-state index in [0.29, 0.717) is 17.3 Å². The van der Waals surface area contributed by atoms with Gasteiger partial charge in [-0.3, -0.25) is 4.79 Å². The zero-order chi connectivity index (χ0) is 24.9. The van der Waals surface area contributed by atoms with Gasteiger partial charge in [-0.1, -0.05) is 25.0 Å². The van der Waals surface area contributed by atoms with Crippen LogP contribution >= 0.6 is 15.9 Å². The Labute approximate surface area is 200 Å². The monoisotopic (exact) mass is 542 g/mol. The van der Waals surface area contributed by atoms with Crippen molar-refractivity contribution in [3.63, 3.8) is 0 Å². The summed E-state index contributed by atoms with van der Waals surface area (Å²) >= 11 is 3.44. The number of carbonyl (C=O) groups is 2. The van der Waals surface area contributed by atoms with E-state index < -0.39 is 12.1 Å². The summed E-state index contributed by atoms with van der Waals surface area (Å²) in [5.74, 6) is -2.51. The van der Waals surface area contributed by atoms with Crippen LogP contribution in [0, 0.1) is 0 Å². The number of aromatic nitrogens is 3. The van der Waals surface area contributed by atoms with Gasteiger partial charge in [-0.25, -0.2) is 14.3 Å². The molecule has 3 aromatic rings. The van der Waals surface area contributed by atoms with Crippen molar-refractivity contribution in [2.75, 3.05) is 10.6 Å². The molecule has 0 spiro atoms. The van der Waals surface area contributed by atoms with Crippen LogP contribution in [-0.4, -0.2) is 49.8 Å². The van der Waals surface area contributed by atoms with Crippen LogP contribution in [0.3, 0.4) is 0 Å². The maximum atomic E-state index is 12.7. The van der Waals surface area contributed by atoms with Crippen LogP contribution in [0.4, 0.5) is 24.8 Å². The van der Waals surface area contributed by atoms with E-state index in [2.05, 4.69) is 36.6 Å². The number of hydrogen-bond acceptors (Lipinski definition) is 6. The van der Waals surface area contributed by atoms with Gasteiger partial charge in [0.05, 0.1) is 17.4 Å². The quantitative estimate of drug-likeness (QED) is 0.390. The first kappa shape index (κ1) is 25.4. The van der Waals surface area contributed by atoms with Gasteiger partial charge in [0.25, 0.3) is 5.91 Å². The SMILES string of the molecule is N[C@H]1CCCC[C@H]1Nc1ncc2ccc(C(=O)Nc3ccccc3Br)n2n1.O=C(O)C(F)(F)F. The van der Waals surface area contributed by atoms with E-state index in [9.17, 15) is 18.0 Å². The number of hydrogen-bond donors (Lipinski definition) is 4. The molecule has 0 radical (unpaired) electrons. The molecule has 1 saturated carbocycles. The molecule has 0 aliphatic heterocycles. The number of para-hydroxylation sites is 1. The molecule has 0 bridgehead atoms. The second kappa shape index (κ2) is 10.8. The third-order valence-electron chi connectivity index (χ3n) is 5.13. The number of carboxylic acid groups (broad SMARTS) is 1. The van der Waals surface area contributed by atoms with Crippen molar-refractivity contribution >= 4 is 45.0 Å². The number of rotatable bonds is 4. The largest absolute Gasteiger partial charge is 0.490 e. The molecule has 4 rings (SSSR count). The zero-order valence-electron chi connectivity index (χ0n) is 17.7. The predicted molar refractivity (Wildman–Crippen MR) is 123 cm³/mol. The smallest absolute Gasteiger partial charge is 0.475 e. The Balaban J connectivity index is 0.000000406. The van der Waals surface area contributed by atoms with E-state index in [1.807, 2.05) is 30.3 Å². The minimum atomic E-state index is -5.08. The molecule has 1 aromatic carbocycles. The highest BCUT2D eigenvalue weighted by atomic mass is 79.9. The van der Waals surface area contributed by atoms with Crippen LogP contribution in [0.1, 0.15) is 36.2 Å². The Morgan fingerprint density at radius 2 is 1.82 bits per heavy atom. The average Bonchev–Trinajstić information content (AvgIpc) is 3.20. The van der Waals surface area contributed by atoms with Crippen molar-refractivity contribution in [2.24, 2.45) is 5.73 Å². The van der Waals surface area contributed by atoms with Crippen LogP contribution in [0.15, 0.2) is 47.1 Å². The number of fused-ring (bicyclic) bond motifs is 1. The molecule has 1 aliphatic rings. The van der Waals surface area contributed by atoms with Gasteiger partial charge in [0.1, 0.15) is 5.69 Å². The number of benzene rings is 1. The van der Waals surface area contributed by atoms with Crippen LogP contribution in [-0.2, 0) is 4.79 Å². The summed E-state index contributed by atoms with van der Waals surface area (Å²) in [6.07, 6.45) is 0.943. The fraction of sp³-hybridized carbons (Fsp3) is 0.333. The van der Waals surface area contributed by atoms with Crippen molar-refractivity contribution in [3.05, 3.63) is 52.8 Å². The molecular formula is C21H22BrF3N6O3. The van der Waals surface area contributed by atoms with Crippen molar-refractivity contribution in [2.45, 2.75) is 43.9 Å². The number of carboxylic acids is 1. The summed E-state index contributed by atoms with van der Waals surface area (Å²) in [6, 6.07) is 11.3. The van der Waals surface area contributed by atoms with Gasteiger partial charge >= 0.3 is 12.1 Å². The minimum Gasteiger partial charge on any atom is -0.475 e. The first-order chi connectivity index (χ1) is 16.1. The first-order valence-electron chi connectivity index (χ1n) is 10.3. The van der Waals surface area contributed by atoms with E-state index in [0.717, 1.165) is 35.7 Å². The number of aliphatic carboxylic acids is 1. The number of carbonyl (C=O) groups excluding carboxylic acids is 1. The molecule has 1 amide bonds. The van der Waals surface area contributed by atoms with Gasteiger partial charge in [-0.2, -0.15) is 13.2 Å². The molecule has 2 aromatic heterocycles. The minimum absolute atomic E-state index is 0.0981. The summed E-state index contributed by atoms with van der Waals surface area (Å²) in [6.45, 7) is 0. The predicted octanol–water partition coefficient (Wildman–Crippen LogP) is 4.06. The number of alkyl halides is 3. The van der Waals surface area contributed by atoms with Gasteiger partial charge < -0.3 is 21.5 Å². The summed E-state index contributed by atoms with van der Waals surface area (Å²) in [7, 11) is 0.